The molecule has 1 aromatic rings. The summed E-state index contributed by atoms with van der Waals surface area (Å²) in [5.41, 5.74) is 0. The third-order valence-electron chi connectivity index (χ3n) is 2.25. The van der Waals surface area contributed by atoms with Crippen LogP contribution in [0.15, 0.2) is 42.5 Å². The van der Waals surface area contributed by atoms with Crippen LogP contribution in [0.2, 0.25) is 0 Å². The van der Waals surface area contributed by atoms with Gasteiger partial charge in [-0.1, -0.05) is 24.3 Å². The SMILES string of the molecule is C/C=C/C(=O)OCCCCOC(=O)Oc1ccccc1. The lowest BCUT2D eigenvalue weighted by Crippen LogP contribution is -2.12. The number of rotatable bonds is 7. The van der Waals surface area contributed by atoms with Crippen molar-refractivity contribution in [1.82, 2.24) is 0 Å². The molecule has 0 N–H and O–H groups in total. The number of hydrogen-bond donors (Lipinski definition) is 0. The van der Waals surface area contributed by atoms with Gasteiger partial charge < -0.3 is 14.2 Å². The molecule has 5 heteroatoms. The zero-order valence-corrected chi connectivity index (χ0v) is 11.4. The van der Waals surface area contributed by atoms with Gasteiger partial charge >= 0.3 is 12.1 Å². The van der Waals surface area contributed by atoms with Crippen LogP contribution in [-0.4, -0.2) is 25.3 Å². The van der Waals surface area contributed by atoms with Crippen molar-refractivity contribution in [3.8, 4) is 5.75 Å². The summed E-state index contributed by atoms with van der Waals surface area (Å²) in [6.07, 6.45) is 3.47. The van der Waals surface area contributed by atoms with Crippen molar-refractivity contribution in [2.75, 3.05) is 13.2 Å². The predicted molar refractivity (Wildman–Crippen MR) is 73.4 cm³/mol. The van der Waals surface area contributed by atoms with Crippen molar-refractivity contribution in [2.24, 2.45) is 0 Å². The van der Waals surface area contributed by atoms with Gasteiger partial charge in [0, 0.05) is 6.08 Å². The average molecular weight is 278 g/mol. The molecule has 0 aliphatic carbocycles. The second kappa shape index (κ2) is 9.61. The zero-order valence-electron chi connectivity index (χ0n) is 11.4. The molecule has 0 fully saturated rings. The molecule has 20 heavy (non-hydrogen) atoms. The molecule has 0 aromatic heterocycles. The topological polar surface area (TPSA) is 61.8 Å². The Balaban J connectivity index is 2.04. The lowest BCUT2D eigenvalue weighted by atomic mass is 10.3. The van der Waals surface area contributed by atoms with E-state index in [0.29, 0.717) is 25.2 Å². The van der Waals surface area contributed by atoms with Crippen LogP contribution >= 0.6 is 0 Å². The van der Waals surface area contributed by atoms with Gasteiger partial charge in [0.15, 0.2) is 0 Å². The van der Waals surface area contributed by atoms with Crippen molar-refractivity contribution in [1.29, 1.82) is 0 Å². The summed E-state index contributed by atoms with van der Waals surface area (Å²) >= 11 is 0. The van der Waals surface area contributed by atoms with E-state index < -0.39 is 6.16 Å². The molecule has 0 amide bonds. The molecule has 108 valence electrons. The summed E-state index contributed by atoms with van der Waals surface area (Å²) in [6, 6.07) is 8.69. The number of esters is 1. The number of hydrogen-bond acceptors (Lipinski definition) is 5. The zero-order chi connectivity index (χ0) is 14.6. The van der Waals surface area contributed by atoms with E-state index in [2.05, 4.69) is 0 Å². The highest BCUT2D eigenvalue weighted by Gasteiger charge is 2.05. The molecular formula is C15H18O5. The summed E-state index contributed by atoms with van der Waals surface area (Å²) in [5.74, 6) is 0.0784. The van der Waals surface area contributed by atoms with Gasteiger partial charge in [0.2, 0.25) is 0 Å². The lowest BCUT2D eigenvalue weighted by molar-refractivity contribution is -0.137. The van der Waals surface area contributed by atoms with Gasteiger partial charge in [0.05, 0.1) is 13.2 Å². The molecule has 0 heterocycles. The van der Waals surface area contributed by atoms with Crippen LogP contribution in [0.1, 0.15) is 19.8 Å². The van der Waals surface area contributed by atoms with Gasteiger partial charge in [0.1, 0.15) is 5.75 Å². The Kier molecular flexibility index (Phi) is 7.57. The first-order chi connectivity index (χ1) is 9.72. The van der Waals surface area contributed by atoms with Crippen LogP contribution in [0.4, 0.5) is 4.79 Å². The molecule has 0 saturated heterocycles. The highest BCUT2D eigenvalue weighted by atomic mass is 16.7. The minimum atomic E-state index is -0.734. The van der Waals surface area contributed by atoms with Crippen LogP contribution in [0.3, 0.4) is 0 Å². The normalized spacial score (nSPS) is 10.2. The van der Waals surface area contributed by atoms with Crippen molar-refractivity contribution >= 4 is 12.1 Å². The standard InChI is InChI=1S/C15H18O5/c1-2-8-14(16)18-11-6-7-12-19-15(17)20-13-9-4-3-5-10-13/h2-5,8-10H,6-7,11-12H2,1H3/b8-2+. The Labute approximate surface area is 118 Å². The third kappa shape index (κ3) is 7.20. The van der Waals surface area contributed by atoms with Crippen molar-refractivity contribution in [3.63, 3.8) is 0 Å². The highest BCUT2D eigenvalue weighted by Crippen LogP contribution is 2.09. The Morgan fingerprint density at radius 1 is 1.05 bits per heavy atom. The van der Waals surface area contributed by atoms with E-state index in [1.807, 2.05) is 6.07 Å². The number of carbonyl (C=O) groups excluding carboxylic acids is 2. The Morgan fingerprint density at radius 3 is 2.35 bits per heavy atom. The first-order valence-electron chi connectivity index (χ1n) is 6.41. The molecular weight excluding hydrogens is 260 g/mol. The van der Waals surface area contributed by atoms with E-state index in [0.717, 1.165) is 0 Å². The fraction of sp³-hybridized carbons (Fsp3) is 0.333. The first-order valence-corrected chi connectivity index (χ1v) is 6.41. The molecule has 0 aliphatic heterocycles. The monoisotopic (exact) mass is 278 g/mol. The number of ether oxygens (including phenoxy) is 3. The smallest absolute Gasteiger partial charge is 0.463 e. The summed E-state index contributed by atoms with van der Waals surface area (Å²) in [6.45, 7) is 2.28. The van der Waals surface area contributed by atoms with Crippen LogP contribution in [0.25, 0.3) is 0 Å². The maximum Gasteiger partial charge on any atom is 0.513 e. The minimum Gasteiger partial charge on any atom is -0.463 e. The Morgan fingerprint density at radius 2 is 1.70 bits per heavy atom. The molecule has 0 bridgehead atoms. The molecule has 1 aromatic carbocycles. The van der Waals surface area contributed by atoms with Gasteiger partial charge in [-0.25, -0.2) is 9.59 Å². The number of carbonyl (C=O) groups is 2. The van der Waals surface area contributed by atoms with E-state index in [9.17, 15) is 9.59 Å². The van der Waals surface area contributed by atoms with Crippen LogP contribution in [-0.2, 0) is 14.3 Å². The summed E-state index contributed by atoms with van der Waals surface area (Å²) < 4.78 is 14.7. The fourth-order valence-electron chi connectivity index (χ4n) is 1.33. The van der Waals surface area contributed by atoms with Crippen molar-refractivity contribution in [3.05, 3.63) is 42.5 Å². The van der Waals surface area contributed by atoms with E-state index in [4.69, 9.17) is 14.2 Å². The molecule has 1 rings (SSSR count). The summed E-state index contributed by atoms with van der Waals surface area (Å²) in [7, 11) is 0. The van der Waals surface area contributed by atoms with E-state index in [-0.39, 0.29) is 12.6 Å². The van der Waals surface area contributed by atoms with Gasteiger partial charge in [0.25, 0.3) is 0 Å². The molecule has 0 radical (unpaired) electrons. The number of benzene rings is 1. The molecule has 0 saturated carbocycles. The van der Waals surface area contributed by atoms with Crippen LogP contribution < -0.4 is 4.74 Å². The molecule has 5 nitrogen and oxygen atoms in total. The average Bonchev–Trinajstić information content (AvgIpc) is 2.44. The van der Waals surface area contributed by atoms with Gasteiger partial charge in [-0.15, -0.1) is 0 Å². The van der Waals surface area contributed by atoms with E-state index in [1.54, 1.807) is 37.3 Å². The van der Waals surface area contributed by atoms with Gasteiger partial charge in [-0.05, 0) is 31.9 Å². The Hall–Kier alpha value is -2.30. The second-order valence-electron chi connectivity index (χ2n) is 3.89. The molecule has 0 aliphatic rings. The highest BCUT2D eigenvalue weighted by molar-refractivity contribution is 5.81. The number of unbranched alkanes of at least 4 members (excludes halogenated alkanes) is 1. The summed E-state index contributed by atoms with van der Waals surface area (Å²) in [4.78, 5) is 22.3. The van der Waals surface area contributed by atoms with Crippen LogP contribution in [0, 0.1) is 0 Å². The predicted octanol–water partition coefficient (Wildman–Crippen LogP) is 3.10. The Bertz CT molecular complexity index is 439. The van der Waals surface area contributed by atoms with Gasteiger partial charge in [-0.2, -0.15) is 0 Å². The quantitative estimate of drug-likeness (QED) is 0.332. The maximum atomic E-state index is 11.3. The largest absolute Gasteiger partial charge is 0.513 e. The van der Waals surface area contributed by atoms with Crippen molar-refractivity contribution < 1.29 is 23.8 Å². The molecule has 0 atom stereocenters. The van der Waals surface area contributed by atoms with Gasteiger partial charge in [-0.3, -0.25) is 0 Å². The van der Waals surface area contributed by atoms with E-state index >= 15 is 0 Å². The van der Waals surface area contributed by atoms with Crippen LogP contribution in [0.5, 0.6) is 5.75 Å². The number of para-hydroxylation sites is 1. The molecule has 0 unspecified atom stereocenters. The fourth-order valence-corrected chi connectivity index (χ4v) is 1.33. The maximum absolute atomic E-state index is 11.3. The van der Waals surface area contributed by atoms with E-state index in [1.165, 1.54) is 6.08 Å². The molecule has 0 spiro atoms. The van der Waals surface area contributed by atoms with Crippen molar-refractivity contribution in [2.45, 2.75) is 19.8 Å². The second-order valence-corrected chi connectivity index (χ2v) is 3.89. The third-order valence-corrected chi connectivity index (χ3v) is 2.25. The summed E-state index contributed by atoms with van der Waals surface area (Å²) in [5, 5.41) is 0. The first kappa shape index (κ1) is 15.8. The minimum absolute atomic E-state index is 0.229. The number of allylic oxidation sites excluding steroid dienone is 1. The lowest BCUT2D eigenvalue weighted by Gasteiger charge is -2.05.